The Labute approximate surface area is 109 Å². The summed E-state index contributed by atoms with van der Waals surface area (Å²) < 4.78 is 10.7. The Kier molecular flexibility index (Phi) is 7.43. The van der Waals surface area contributed by atoms with E-state index < -0.39 is 6.04 Å². The first-order valence-corrected chi connectivity index (χ1v) is 5.67. The number of allylic oxidation sites excluding steroid dienone is 3. The van der Waals surface area contributed by atoms with Crippen molar-refractivity contribution in [1.82, 2.24) is 0 Å². The van der Waals surface area contributed by atoms with Crippen molar-refractivity contribution in [3.8, 4) is 0 Å². The van der Waals surface area contributed by atoms with Crippen molar-refractivity contribution in [1.29, 1.82) is 0 Å². The van der Waals surface area contributed by atoms with Crippen molar-refractivity contribution in [2.24, 2.45) is 5.18 Å². The maximum atomic E-state index is 10.7. The summed E-state index contributed by atoms with van der Waals surface area (Å²) in [5.74, 6) is 1.11. The van der Waals surface area contributed by atoms with Gasteiger partial charge >= 0.3 is 0 Å². The van der Waals surface area contributed by atoms with E-state index in [4.69, 9.17) is 9.47 Å². The van der Waals surface area contributed by atoms with Crippen LogP contribution in [0.2, 0.25) is 0 Å². The van der Waals surface area contributed by atoms with E-state index in [2.05, 4.69) is 24.9 Å². The van der Waals surface area contributed by atoms with Gasteiger partial charge in [-0.15, -0.1) is 0 Å². The smallest absolute Gasteiger partial charge is 0.160 e. The van der Waals surface area contributed by atoms with Crippen LogP contribution in [0.25, 0.3) is 0 Å². The molecule has 100 valence electrons. The van der Waals surface area contributed by atoms with Gasteiger partial charge in [0, 0.05) is 0 Å². The lowest BCUT2D eigenvalue weighted by molar-refractivity contribution is 0.139. The molecule has 0 saturated carbocycles. The van der Waals surface area contributed by atoms with Gasteiger partial charge in [0.1, 0.15) is 24.7 Å². The van der Waals surface area contributed by atoms with E-state index in [0.717, 1.165) is 11.1 Å². The van der Waals surface area contributed by atoms with Gasteiger partial charge in [0.25, 0.3) is 0 Å². The van der Waals surface area contributed by atoms with Gasteiger partial charge in [-0.3, -0.25) is 0 Å². The van der Waals surface area contributed by atoms with Crippen LogP contribution >= 0.6 is 0 Å². The number of nitrogens with zero attached hydrogens (tertiary/aromatic N) is 1. The Morgan fingerprint density at radius 1 is 1.17 bits per heavy atom. The SMILES string of the molecule is C=C(C)C(=C)OCC(CO/C(=C\C)C(=C)C)N=O. The summed E-state index contributed by atoms with van der Waals surface area (Å²) in [6, 6.07) is -0.588. The molecule has 0 aliphatic carbocycles. The number of hydrogen-bond acceptors (Lipinski definition) is 4. The molecule has 0 heterocycles. The first-order valence-electron chi connectivity index (χ1n) is 5.67. The number of nitroso groups, excluding NO2 is 1. The third kappa shape index (κ3) is 6.03. The van der Waals surface area contributed by atoms with Crippen molar-refractivity contribution in [2.75, 3.05) is 13.2 Å². The van der Waals surface area contributed by atoms with Gasteiger partial charge in [-0.25, -0.2) is 0 Å². The molecule has 0 spiro atoms. The molecule has 0 aliphatic rings. The first kappa shape index (κ1) is 16.2. The van der Waals surface area contributed by atoms with E-state index in [9.17, 15) is 4.91 Å². The highest BCUT2D eigenvalue weighted by molar-refractivity contribution is 5.19. The monoisotopic (exact) mass is 251 g/mol. The minimum atomic E-state index is -0.588. The van der Waals surface area contributed by atoms with Gasteiger partial charge in [0.15, 0.2) is 6.04 Å². The third-order valence-electron chi connectivity index (χ3n) is 2.19. The molecule has 0 rings (SSSR count). The number of hydrogen-bond donors (Lipinski definition) is 0. The van der Waals surface area contributed by atoms with Crippen LogP contribution in [-0.2, 0) is 9.47 Å². The Balaban J connectivity index is 4.21. The maximum Gasteiger partial charge on any atom is 0.160 e. The molecule has 0 aromatic carbocycles. The lowest BCUT2D eigenvalue weighted by Crippen LogP contribution is -2.19. The Hall–Kier alpha value is -1.84. The predicted octanol–water partition coefficient (Wildman–Crippen LogP) is 3.72. The fourth-order valence-electron chi connectivity index (χ4n) is 1.07. The van der Waals surface area contributed by atoms with E-state index in [1.807, 2.05) is 13.8 Å². The second kappa shape index (κ2) is 8.28. The van der Waals surface area contributed by atoms with Crippen LogP contribution in [0.3, 0.4) is 0 Å². The Morgan fingerprint density at radius 3 is 2.11 bits per heavy atom. The minimum Gasteiger partial charge on any atom is -0.491 e. The van der Waals surface area contributed by atoms with Gasteiger partial charge in [-0.05, 0) is 38.0 Å². The van der Waals surface area contributed by atoms with Gasteiger partial charge < -0.3 is 9.47 Å². The molecule has 0 fully saturated rings. The molecule has 0 aromatic heterocycles. The molecule has 4 nitrogen and oxygen atoms in total. The van der Waals surface area contributed by atoms with E-state index in [1.165, 1.54) is 0 Å². The Bertz CT molecular complexity index is 369. The van der Waals surface area contributed by atoms with Crippen LogP contribution in [0, 0.1) is 4.91 Å². The highest BCUT2D eigenvalue weighted by Crippen LogP contribution is 2.11. The van der Waals surface area contributed by atoms with Crippen LogP contribution in [0.1, 0.15) is 20.8 Å². The summed E-state index contributed by atoms with van der Waals surface area (Å²) in [7, 11) is 0. The van der Waals surface area contributed by atoms with Crippen molar-refractivity contribution in [3.63, 3.8) is 0 Å². The molecule has 0 radical (unpaired) electrons. The van der Waals surface area contributed by atoms with Gasteiger partial charge in [0.05, 0.1) is 0 Å². The highest BCUT2D eigenvalue weighted by Gasteiger charge is 2.12. The van der Waals surface area contributed by atoms with Crippen molar-refractivity contribution in [3.05, 3.63) is 53.4 Å². The topological polar surface area (TPSA) is 47.9 Å². The zero-order valence-corrected chi connectivity index (χ0v) is 11.4. The zero-order valence-electron chi connectivity index (χ0n) is 11.4. The molecule has 0 amide bonds. The van der Waals surface area contributed by atoms with Crippen LogP contribution in [0.15, 0.2) is 53.7 Å². The molecule has 1 atom stereocenters. The van der Waals surface area contributed by atoms with Crippen LogP contribution in [0.5, 0.6) is 0 Å². The molecular weight excluding hydrogens is 230 g/mol. The summed E-state index contributed by atoms with van der Waals surface area (Å²) in [4.78, 5) is 10.7. The van der Waals surface area contributed by atoms with E-state index in [-0.39, 0.29) is 13.2 Å². The minimum absolute atomic E-state index is 0.127. The molecule has 18 heavy (non-hydrogen) atoms. The van der Waals surface area contributed by atoms with Crippen molar-refractivity contribution >= 4 is 0 Å². The normalized spacial score (nSPS) is 12.5. The molecule has 0 aromatic rings. The second-order valence-corrected chi connectivity index (χ2v) is 4.02. The second-order valence-electron chi connectivity index (χ2n) is 4.02. The van der Waals surface area contributed by atoms with E-state index in [1.54, 1.807) is 13.0 Å². The van der Waals surface area contributed by atoms with Crippen LogP contribution in [-0.4, -0.2) is 19.3 Å². The summed E-state index contributed by atoms with van der Waals surface area (Å²) in [6.07, 6.45) is 1.79. The highest BCUT2D eigenvalue weighted by atomic mass is 16.5. The molecule has 0 bridgehead atoms. The first-order chi connectivity index (χ1) is 8.42. The van der Waals surface area contributed by atoms with Gasteiger partial charge in [-0.2, -0.15) is 4.91 Å². The quantitative estimate of drug-likeness (QED) is 0.356. The fraction of sp³-hybridized carbons (Fsp3) is 0.429. The summed E-state index contributed by atoms with van der Waals surface area (Å²) >= 11 is 0. The largest absolute Gasteiger partial charge is 0.491 e. The van der Waals surface area contributed by atoms with Crippen molar-refractivity contribution < 1.29 is 9.47 Å². The van der Waals surface area contributed by atoms with Crippen molar-refractivity contribution in [2.45, 2.75) is 26.8 Å². The zero-order chi connectivity index (χ0) is 14.1. The van der Waals surface area contributed by atoms with Gasteiger partial charge in [-0.1, -0.05) is 24.9 Å². The van der Waals surface area contributed by atoms with Gasteiger partial charge in [0.2, 0.25) is 0 Å². The standard InChI is InChI=1S/C14H21NO3/c1-7-14(11(4)5)18-9-13(15-16)8-17-12(6)10(2)3/h7,13H,2,4,6,8-9H2,1,3,5H3/b14-7-. The fourth-order valence-corrected chi connectivity index (χ4v) is 1.07. The molecule has 1 unspecified atom stereocenters. The molecule has 4 heteroatoms. The molecule has 0 saturated heterocycles. The summed E-state index contributed by atoms with van der Waals surface area (Å²) in [5, 5.41) is 2.96. The van der Waals surface area contributed by atoms with Crippen LogP contribution in [0.4, 0.5) is 0 Å². The number of rotatable bonds is 9. The average Bonchev–Trinajstić information content (AvgIpc) is 2.32. The number of ether oxygens (including phenoxy) is 2. The average molecular weight is 251 g/mol. The van der Waals surface area contributed by atoms with E-state index in [0.29, 0.717) is 11.5 Å². The molecule has 0 aliphatic heterocycles. The maximum absolute atomic E-state index is 10.7. The molecule has 0 N–H and O–H groups in total. The van der Waals surface area contributed by atoms with E-state index >= 15 is 0 Å². The lowest BCUT2D eigenvalue weighted by atomic mass is 10.2. The lowest BCUT2D eigenvalue weighted by Gasteiger charge is -2.15. The molecular formula is C14H21NO3. The third-order valence-corrected chi connectivity index (χ3v) is 2.19. The predicted molar refractivity (Wildman–Crippen MR) is 74.0 cm³/mol. The van der Waals surface area contributed by atoms with Crippen LogP contribution < -0.4 is 0 Å². The summed E-state index contributed by atoms with van der Waals surface area (Å²) in [6.45, 7) is 16.9. The summed E-state index contributed by atoms with van der Waals surface area (Å²) in [5.41, 5.74) is 1.52. The Morgan fingerprint density at radius 2 is 1.72 bits per heavy atom.